The Hall–Kier alpha value is -3.01. The third-order valence-corrected chi connectivity index (χ3v) is 7.51. The van der Waals surface area contributed by atoms with Crippen LogP contribution in [-0.2, 0) is 24.3 Å². The summed E-state index contributed by atoms with van der Waals surface area (Å²) < 4.78 is 73.1. The molecule has 1 aromatic carbocycles. The number of carbonyl (C=O) groups excluding carboxylic acids is 2. The van der Waals surface area contributed by atoms with Gasteiger partial charge in [0.25, 0.3) is 11.8 Å². The molecule has 4 rings (SSSR count). The van der Waals surface area contributed by atoms with Crippen molar-refractivity contribution < 1.29 is 35.9 Å². The molecule has 2 N–H and O–H groups in total. The summed E-state index contributed by atoms with van der Waals surface area (Å²) in [5, 5.41) is 5.00. The van der Waals surface area contributed by atoms with Crippen LogP contribution < -0.4 is 10.0 Å². The maximum absolute atomic E-state index is 14.5. The molecule has 2 atom stereocenters. The summed E-state index contributed by atoms with van der Waals surface area (Å²) >= 11 is 7.54. The lowest BCUT2D eigenvalue weighted by molar-refractivity contribution is -0.139. The number of amidine groups is 1. The third kappa shape index (κ3) is 6.77. The van der Waals surface area contributed by atoms with Gasteiger partial charge in [-0.3, -0.25) is 19.4 Å². The van der Waals surface area contributed by atoms with Gasteiger partial charge in [0.05, 0.1) is 31.0 Å². The number of sulfonamides is 1. The second-order valence-corrected chi connectivity index (χ2v) is 11.9. The molecule has 1 amide bonds. The summed E-state index contributed by atoms with van der Waals surface area (Å²) in [6.07, 6.45) is 1.32. The lowest BCUT2D eigenvalue weighted by Crippen LogP contribution is -2.47. The normalized spacial score (nSPS) is 21.3. The van der Waals surface area contributed by atoms with Gasteiger partial charge in [0.15, 0.2) is 10.8 Å². The van der Waals surface area contributed by atoms with Crippen molar-refractivity contribution in [2.24, 2.45) is 4.99 Å². The number of ether oxygens (including phenoxy) is 1. The first kappa shape index (κ1) is 29.0. The maximum Gasteiger partial charge on any atom is 0.338 e. The van der Waals surface area contributed by atoms with E-state index in [1.807, 2.05) is 0 Å². The molecule has 2 aromatic rings. The van der Waals surface area contributed by atoms with Gasteiger partial charge in [-0.25, -0.2) is 31.4 Å². The smallest absolute Gasteiger partial charge is 0.338 e. The van der Waals surface area contributed by atoms with E-state index in [9.17, 15) is 31.2 Å². The number of nitrogens with one attached hydrogen (secondary N) is 2. The molecule has 0 radical (unpaired) electrons. The van der Waals surface area contributed by atoms with Crippen molar-refractivity contribution in [1.29, 1.82) is 0 Å². The van der Waals surface area contributed by atoms with Crippen molar-refractivity contribution in [3.05, 3.63) is 62.5 Å². The molecule has 2 aliphatic rings. The van der Waals surface area contributed by atoms with E-state index in [0.29, 0.717) is 5.01 Å². The number of alkyl halides is 2. The zero-order chi connectivity index (χ0) is 28.5. The van der Waals surface area contributed by atoms with Crippen molar-refractivity contribution in [3.63, 3.8) is 0 Å². The Labute approximate surface area is 231 Å². The minimum absolute atomic E-state index is 0.0241. The number of carbonyl (C=O) groups is 2. The van der Waals surface area contributed by atoms with E-state index in [0.717, 1.165) is 23.3 Å². The van der Waals surface area contributed by atoms with E-state index >= 15 is 0 Å². The zero-order valence-corrected chi connectivity index (χ0v) is 23.0. The van der Waals surface area contributed by atoms with Crippen LogP contribution in [0.2, 0.25) is 5.02 Å². The molecule has 0 aliphatic carbocycles. The van der Waals surface area contributed by atoms with Gasteiger partial charge in [-0.05, 0) is 19.1 Å². The summed E-state index contributed by atoms with van der Waals surface area (Å²) in [7, 11) is -4.02. The van der Waals surface area contributed by atoms with Gasteiger partial charge < -0.3 is 10.1 Å². The van der Waals surface area contributed by atoms with Gasteiger partial charge in [0.2, 0.25) is 10.0 Å². The fourth-order valence-electron chi connectivity index (χ4n) is 4.33. The zero-order valence-electron chi connectivity index (χ0n) is 20.6. The molecule has 1 saturated heterocycles. The number of amides is 1. The first-order valence-electron chi connectivity index (χ1n) is 11.5. The van der Waals surface area contributed by atoms with Crippen molar-refractivity contribution in [2.75, 3.05) is 26.0 Å². The van der Waals surface area contributed by atoms with E-state index in [1.165, 1.54) is 23.6 Å². The lowest BCUT2D eigenvalue weighted by Gasteiger charge is -2.31. The van der Waals surface area contributed by atoms with Gasteiger partial charge in [0, 0.05) is 40.8 Å². The average molecular weight is 606 g/mol. The van der Waals surface area contributed by atoms with Gasteiger partial charge >= 0.3 is 5.97 Å². The van der Waals surface area contributed by atoms with Crippen LogP contribution in [0.1, 0.15) is 30.0 Å². The highest BCUT2D eigenvalue weighted by Gasteiger charge is 2.49. The number of nitrogens with zero attached hydrogens (tertiary/aromatic N) is 3. The van der Waals surface area contributed by atoms with Crippen molar-refractivity contribution >= 4 is 50.7 Å². The number of hydrogen-bond donors (Lipinski definition) is 2. The largest absolute Gasteiger partial charge is 0.463 e. The van der Waals surface area contributed by atoms with E-state index < -0.39 is 65.2 Å². The first-order chi connectivity index (χ1) is 18.3. The number of aliphatic imine (C=N–C) groups is 1. The van der Waals surface area contributed by atoms with Crippen LogP contribution in [0.25, 0.3) is 0 Å². The van der Waals surface area contributed by atoms with E-state index in [4.69, 9.17) is 16.3 Å². The molecule has 2 unspecified atom stereocenters. The van der Waals surface area contributed by atoms with Crippen LogP contribution in [0.15, 0.2) is 46.0 Å². The third-order valence-electron chi connectivity index (χ3n) is 5.83. The van der Waals surface area contributed by atoms with Gasteiger partial charge in [0.1, 0.15) is 11.9 Å². The van der Waals surface area contributed by atoms with Crippen molar-refractivity contribution in [2.45, 2.75) is 31.4 Å². The van der Waals surface area contributed by atoms with Gasteiger partial charge in [-0.15, -0.1) is 11.3 Å². The topological polar surface area (TPSA) is 130 Å². The van der Waals surface area contributed by atoms with E-state index in [2.05, 4.69) is 15.3 Å². The first-order valence-corrected chi connectivity index (χ1v) is 14.7. The van der Waals surface area contributed by atoms with Crippen LogP contribution in [0.4, 0.5) is 13.2 Å². The standard InChI is InChI=1S/C23H23ClF3N5O5S2/c1-3-37-22(34)17-15(10-32-11-23(26,27)9-16(32)20(33)31-39(2,35)36)29-19(21-28-6-7-38-21)30-18(17)13-5-4-12(25)8-14(13)24/h4-8,16,18H,3,9-11H2,1-2H3,(H,29,30)(H,31,33). The summed E-state index contributed by atoms with van der Waals surface area (Å²) in [4.78, 5) is 35.7. The molecule has 2 aliphatic heterocycles. The van der Waals surface area contributed by atoms with Crippen molar-refractivity contribution in [1.82, 2.24) is 19.9 Å². The fourth-order valence-corrected chi connectivity index (χ4v) is 5.69. The predicted octanol–water partition coefficient (Wildman–Crippen LogP) is 2.63. The Balaban J connectivity index is 1.82. The molecule has 39 heavy (non-hydrogen) atoms. The van der Waals surface area contributed by atoms with Crippen LogP contribution in [0.5, 0.6) is 0 Å². The predicted molar refractivity (Wildman–Crippen MR) is 138 cm³/mol. The van der Waals surface area contributed by atoms with Crippen molar-refractivity contribution in [3.8, 4) is 0 Å². The minimum atomic E-state index is -4.02. The fraction of sp³-hybridized carbons (Fsp3) is 0.391. The second kappa shape index (κ2) is 11.2. The molecular weight excluding hydrogens is 583 g/mol. The number of thiazole rings is 1. The Kier molecular flexibility index (Phi) is 8.35. The highest BCUT2D eigenvalue weighted by Crippen LogP contribution is 2.38. The molecule has 0 spiro atoms. The minimum Gasteiger partial charge on any atom is -0.463 e. The Morgan fingerprint density at radius 3 is 2.72 bits per heavy atom. The molecule has 10 nitrogen and oxygen atoms in total. The van der Waals surface area contributed by atoms with Crippen LogP contribution in [-0.4, -0.2) is 73.9 Å². The quantitative estimate of drug-likeness (QED) is 0.439. The number of esters is 1. The molecule has 1 fully saturated rings. The number of benzene rings is 1. The molecule has 0 saturated carbocycles. The van der Waals surface area contributed by atoms with Crippen LogP contribution in [0, 0.1) is 5.82 Å². The lowest BCUT2D eigenvalue weighted by atomic mass is 9.95. The molecule has 210 valence electrons. The molecule has 0 bridgehead atoms. The summed E-state index contributed by atoms with van der Waals surface area (Å²) in [6, 6.07) is 0.865. The molecule has 3 heterocycles. The number of rotatable bonds is 8. The Bertz CT molecular complexity index is 1450. The van der Waals surface area contributed by atoms with Crippen LogP contribution >= 0.6 is 22.9 Å². The monoisotopic (exact) mass is 605 g/mol. The number of hydrogen-bond acceptors (Lipinski definition) is 10. The Morgan fingerprint density at radius 1 is 1.36 bits per heavy atom. The average Bonchev–Trinajstić information content (AvgIpc) is 3.45. The second-order valence-electron chi connectivity index (χ2n) is 8.84. The SMILES string of the molecule is CCOC(=O)C1=C(CN2CC(F)(F)CC2C(=O)NS(C)(=O)=O)NC(c2nccs2)=NC1c1ccc(F)cc1Cl. The molecule has 1 aromatic heterocycles. The number of aromatic nitrogens is 1. The summed E-state index contributed by atoms with van der Waals surface area (Å²) in [5.74, 6) is -5.72. The molecule has 16 heteroatoms. The maximum atomic E-state index is 14.5. The van der Waals surface area contributed by atoms with E-state index in [-0.39, 0.29) is 34.3 Å². The number of likely N-dealkylation sites (tertiary alicyclic amines) is 1. The van der Waals surface area contributed by atoms with Gasteiger partial charge in [-0.2, -0.15) is 0 Å². The highest BCUT2D eigenvalue weighted by atomic mass is 35.5. The summed E-state index contributed by atoms with van der Waals surface area (Å²) in [5.41, 5.74) is 0.212. The Morgan fingerprint density at radius 2 is 2.10 bits per heavy atom. The molecular formula is C23H23ClF3N5O5S2. The number of halogens is 4. The van der Waals surface area contributed by atoms with Gasteiger partial charge in [-0.1, -0.05) is 17.7 Å². The van der Waals surface area contributed by atoms with E-state index in [1.54, 1.807) is 17.0 Å². The van der Waals surface area contributed by atoms with Crippen LogP contribution in [0.3, 0.4) is 0 Å². The highest BCUT2D eigenvalue weighted by molar-refractivity contribution is 7.89. The summed E-state index contributed by atoms with van der Waals surface area (Å²) in [6.45, 7) is 0.252.